The van der Waals surface area contributed by atoms with Gasteiger partial charge in [0.05, 0.1) is 7.11 Å². The molecule has 2 rings (SSSR count). The van der Waals surface area contributed by atoms with E-state index in [1.54, 1.807) is 19.2 Å². The highest BCUT2D eigenvalue weighted by molar-refractivity contribution is 5.29. The Morgan fingerprint density at radius 1 is 1.05 bits per heavy atom. The van der Waals surface area contributed by atoms with Crippen LogP contribution in [0.5, 0.6) is 11.5 Å². The molecule has 0 heterocycles. The molecule has 0 saturated heterocycles. The van der Waals surface area contributed by atoms with Gasteiger partial charge in [-0.25, -0.2) is 0 Å². The standard InChI is InChI=1S/C17H21NO2/c1-20-17-4-2-3-14(11-17)10-15(12-18)9-13-5-7-16(19)8-6-13/h2-8,11,15,19H,9-10,12,18H2,1H3. The summed E-state index contributed by atoms with van der Waals surface area (Å²) in [4.78, 5) is 0. The van der Waals surface area contributed by atoms with Crippen LogP contribution in [0.4, 0.5) is 0 Å². The Morgan fingerprint density at radius 2 is 1.75 bits per heavy atom. The molecule has 2 aromatic carbocycles. The van der Waals surface area contributed by atoms with Crippen LogP contribution in [0.15, 0.2) is 48.5 Å². The summed E-state index contributed by atoms with van der Waals surface area (Å²) in [6.07, 6.45) is 1.84. The van der Waals surface area contributed by atoms with Crippen molar-refractivity contribution in [3.05, 3.63) is 59.7 Å². The molecule has 0 aliphatic heterocycles. The summed E-state index contributed by atoms with van der Waals surface area (Å²) in [7, 11) is 1.68. The second-order valence-corrected chi connectivity index (χ2v) is 5.03. The monoisotopic (exact) mass is 271 g/mol. The number of benzene rings is 2. The molecule has 1 unspecified atom stereocenters. The maximum atomic E-state index is 9.30. The third kappa shape index (κ3) is 4.00. The van der Waals surface area contributed by atoms with E-state index >= 15 is 0 Å². The van der Waals surface area contributed by atoms with Gasteiger partial charge in [-0.2, -0.15) is 0 Å². The summed E-state index contributed by atoms with van der Waals surface area (Å²) in [5.74, 6) is 1.56. The Kier molecular flexibility index (Phi) is 5.02. The molecular weight excluding hydrogens is 250 g/mol. The van der Waals surface area contributed by atoms with Crippen molar-refractivity contribution < 1.29 is 9.84 Å². The second-order valence-electron chi connectivity index (χ2n) is 5.03. The van der Waals surface area contributed by atoms with Crippen molar-refractivity contribution in [3.8, 4) is 11.5 Å². The highest BCUT2D eigenvalue weighted by atomic mass is 16.5. The van der Waals surface area contributed by atoms with Gasteiger partial charge in [-0.1, -0.05) is 24.3 Å². The van der Waals surface area contributed by atoms with Crippen LogP contribution < -0.4 is 10.5 Å². The van der Waals surface area contributed by atoms with Crippen molar-refractivity contribution in [1.82, 2.24) is 0 Å². The van der Waals surface area contributed by atoms with Gasteiger partial charge < -0.3 is 15.6 Å². The average Bonchev–Trinajstić information content (AvgIpc) is 2.49. The molecular formula is C17H21NO2. The minimum Gasteiger partial charge on any atom is -0.508 e. The Labute approximate surface area is 120 Å². The molecule has 106 valence electrons. The number of hydrogen-bond donors (Lipinski definition) is 2. The van der Waals surface area contributed by atoms with E-state index in [0.717, 1.165) is 18.6 Å². The molecule has 0 radical (unpaired) electrons. The van der Waals surface area contributed by atoms with Crippen molar-refractivity contribution in [2.24, 2.45) is 11.7 Å². The van der Waals surface area contributed by atoms with E-state index in [2.05, 4.69) is 12.1 Å². The molecule has 2 aromatic rings. The molecule has 0 spiro atoms. The zero-order valence-electron chi connectivity index (χ0n) is 11.8. The van der Waals surface area contributed by atoms with Gasteiger partial charge in [-0.3, -0.25) is 0 Å². The first-order valence-corrected chi connectivity index (χ1v) is 6.82. The van der Waals surface area contributed by atoms with Crippen LogP contribution in [0, 0.1) is 5.92 Å². The molecule has 0 amide bonds. The molecule has 0 saturated carbocycles. The minimum atomic E-state index is 0.297. The topological polar surface area (TPSA) is 55.5 Å². The Morgan fingerprint density at radius 3 is 2.40 bits per heavy atom. The van der Waals surface area contributed by atoms with E-state index in [9.17, 15) is 5.11 Å². The van der Waals surface area contributed by atoms with Crippen LogP contribution in [0.3, 0.4) is 0 Å². The van der Waals surface area contributed by atoms with E-state index in [1.807, 2.05) is 24.3 Å². The zero-order chi connectivity index (χ0) is 14.4. The van der Waals surface area contributed by atoms with Crippen LogP contribution in [0.1, 0.15) is 11.1 Å². The quantitative estimate of drug-likeness (QED) is 0.849. The third-order valence-electron chi connectivity index (χ3n) is 3.45. The highest BCUT2D eigenvalue weighted by Gasteiger charge is 2.10. The molecule has 0 aliphatic rings. The Balaban J connectivity index is 2.02. The van der Waals surface area contributed by atoms with Gasteiger partial charge in [0.15, 0.2) is 0 Å². The fourth-order valence-electron chi connectivity index (χ4n) is 2.34. The van der Waals surface area contributed by atoms with E-state index in [-0.39, 0.29) is 0 Å². The molecule has 1 atom stereocenters. The summed E-state index contributed by atoms with van der Waals surface area (Å²) in [6, 6.07) is 15.4. The fraction of sp³-hybridized carbons (Fsp3) is 0.294. The van der Waals surface area contributed by atoms with Gasteiger partial charge in [0.25, 0.3) is 0 Å². The Hall–Kier alpha value is -2.00. The lowest BCUT2D eigenvalue weighted by molar-refractivity contribution is 0.413. The molecule has 20 heavy (non-hydrogen) atoms. The maximum absolute atomic E-state index is 9.30. The van der Waals surface area contributed by atoms with Crippen molar-refractivity contribution in [1.29, 1.82) is 0 Å². The first-order chi connectivity index (χ1) is 9.71. The van der Waals surface area contributed by atoms with E-state index in [4.69, 9.17) is 10.5 Å². The predicted molar refractivity (Wildman–Crippen MR) is 81.1 cm³/mol. The van der Waals surface area contributed by atoms with Crippen molar-refractivity contribution in [2.45, 2.75) is 12.8 Å². The molecule has 3 N–H and O–H groups in total. The second kappa shape index (κ2) is 6.96. The lowest BCUT2D eigenvalue weighted by atomic mass is 9.92. The van der Waals surface area contributed by atoms with Crippen LogP contribution in [0.25, 0.3) is 0 Å². The SMILES string of the molecule is COc1cccc(CC(CN)Cc2ccc(O)cc2)c1. The first kappa shape index (κ1) is 14.4. The van der Waals surface area contributed by atoms with Gasteiger partial charge in [-0.15, -0.1) is 0 Å². The minimum absolute atomic E-state index is 0.297. The number of nitrogens with two attached hydrogens (primary N) is 1. The van der Waals surface area contributed by atoms with Crippen LogP contribution in [-0.2, 0) is 12.8 Å². The average molecular weight is 271 g/mol. The summed E-state index contributed by atoms with van der Waals surface area (Å²) < 4.78 is 5.24. The first-order valence-electron chi connectivity index (χ1n) is 6.82. The van der Waals surface area contributed by atoms with Gasteiger partial charge in [0.1, 0.15) is 11.5 Å². The molecule has 0 aliphatic carbocycles. The molecule has 3 heteroatoms. The molecule has 3 nitrogen and oxygen atoms in total. The summed E-state index contributed by atoms with van der Waals surface area (Å²) in [5, 5.41) is 9.30. The number of phenols is 1. The van der Waals surface area contributed by atoms with Gasteiger partial charge in [0.2, 0.25) is 0 Å². The van der Waals surface area contributed by atoms with Gasteiger partial charge in [-0.05, 0) is 60.7 Å². The number of methoxy groups -OCH3 is 1. The molecule has 0 aromatic heterocycles. The number of aromatic hydroxyl groups is 1. The number of ether oxygens (including phenoxy) is 1. The lowest BCUT2D eigenvalue weighted by Crippen LogP contribution is -2.19. The fourth-order valence-corrected chi connectivity index (χ4v) is 2.34. The molecule has 0 fully saturated rings. The normalized spacial score (nSPS) is 12.1. The van der Waals surface area contributed by atoms with E-state index < -0.39 is 0 Å². The van der Waals surface area contributed by atoms with Gasteiger partial charge >= 0.3 is 0 Å². The van der Waals surface area contributed by atoms with E-state index in [0.29, 0.717) is 18.2 Å². The third-order valence-corrected chi connectivity index (χ3v) is 3.45. The van der Waals surface area contributed by atoms with Crippen molar-refractivity contribution >= 4 is 0 Å². The maximum Gasteiger partial charge on any atom is 0.119 e. The van der Waals surface area contributed by atoms with Gasteiger partial charge in [0, 0.05) is 0 Å². The number of hydrogen-bond acceptors (Lipinski definition) is 3. The number of rotatable bonds is 6. The lowest BCUT2D eigenvalue weighted by Gasteiger charge is -2.15. The predicted octanol–water partition coefficient (Wildman–Crippen LogP) is 2.76. The van der Waals surface area contributed by atoms with Crippen molar-refractivity contribution in [3.63, 3.8) is 0 Å². The zero-order valence-corrected chi connectivity index (χ0v) is 11.8. The summed E-state index contributed by atoms with van der Waals surface area (Å²) in [6.45, 7) is 0.637. The molecule has 0 bridgehead atoms. The van der Waals surface area contributed by atoms with Crippen molar-refractivity contribution in [2.75, 3.05) is 13.7 Å². The highest BCUT2D eigenvalue weighted by Crippen LogP contribution is 2.19. The van der Waals surface area contributed by atoms with Crippen LogP contribution in [0.2, 0.25) is 0 Å². The Bertz CT molecular complexity index is 537. The summed E-state index contributed by atoms with van der Waals surface area (Å²) in [5.41, 5.74) is 8.32. The largest absolute Gasteiger partial charge is 0.508 e. The van der Waals surface area contributed by atoms with E-state index in [1.165, 1.54) is 11.1 Å². The smallest absolute Gasteiger partial charge is 0.119 e. The number of phenolic OH excluding ortho intramolecular Hbond substituents is 1. The van der Waals surface area contributed by atoms with Crippen LogP contribution in [-0.4, -0.2) is 18.8 Å². The van der Waals surface area contributed by atoms with Crippen LogP contribution >= 0.6 is 0 Å². The summed E-state index contributed by atoms with van der Waals surface area (Å²) >= 11 is 0.